The minimum atomic E-state index is -0.466. The minimum absolute atomic E-state index is 0.101. The number of hydrogen-bond donors (Lipinski definition) is 2. The van der Waals surface area contributed by atoms with Gasteiger partial charge in [0.2, 0.25) is 0 Å². The Morgan fingerprint density at radius 3 is 2.63 bits per heavy atom. The number of phenols is 1. The average molecular weight is 297 g/mol. The molecule has 1 aromatic heterocycles. The van der Waals surface area contributed by atoms with Crippen LogP contribution in [0.25, 0.3) is 0 Å². The molecule has 19 heavy (non-hydrogen) atoms. The molecule has 0 aliphatic carbocycles. The number of aryl methyl sites for hydroxylation is 1. The maximum atomic E-state index is 12.0. The molecule has 0 radical (unpaired) electrons. The van der Waals surface area contributed by atoms with Crippen molar-refractivity contribution in [2.75, 3.05) is 5.32 Å². The van der Waals surface area contributed by atoms with E-state index >= 15 is 0 Å². The molecular weight excluding hydrogens is 287 g/mol. The fourth-order valence-corrected chi connectivity index (χ4v) is 2.17. The molecule has 2 rings (SSSR count). The van der Waals surface area contributed by atoms with Crippen LogP contribution in [0.15, 0.2) is 30.3 Å². The number of phenolic OH excluding ortho intramolecular Hbond substituents is 1. The van der Waals surface area contributed by atoms with Crippen LogP contribution in [0.3, 0.4) is 0 Å². The smallest absolute Gasteiger partial charge is 0.259 e. The quantitative estimate of drug-likeness (QED) is 0.832. The highest BCUT2D eigenvalue weighted by molar-refractivity contribution is 6.35. The number of carbonyl (C=O) groups is 1. The first kappa shape index (κ1) is 13.6. The Morgan fingerprint density at radius 2 is 2.00 bits per heavy atom. The van der Waals surface area contributed by atoms with Crippen LogP contribution in [0.4, 0.5) is 5.69 Å². The number of anilines is 1. The van der Waals surface area contributed by atoms with Crippen LogP contribution in [0.5, 0.6) is 5.75 Å². The van der Waals surface area contributed by atoms with Gasteiger partial charge in [0.15, 0.2) is 5.15 Å². The SMILES string of the molecule is Cc1cc(Cl)nc(Cl)c1NC(=O)c1ccccc1O. The summed E-state index contributed by atoms with van der Waals surface area (Å²) < 4.78 is 0. The van der Waals surface area contributed by atoms with Crippen LogP contribution >= 0.6 is 23.2 Å². The van der Waals surface area contributed by atoms with Crippen molar-refractivity contribution in [1.82, 2.24) is 4.98 Å². The lowest BCUT2D eigenvalue weighted by Gasteiger charge is -2.10. The van der Waals surface area contributed by atoms with Gasteiger partial charge >= 0.3 is 0 Å². The van der Waals surface area contributed by atoms with E-state index in [0.717, 1.165) is 0 Å². The van der Waals surface area contributed by atoms with E-state index < -0.39 is 5.91 Å². The van der Waals surface area contributed by atoms with Gasteiger partial charge in [-0.25, -0.2) is 4.98 Å². The number of pyridine rings is 1. The van der Waals surface area contributed by atoms with Crippen molar-refractivity contribution in [3.05, 3.63) is 51.8 Å². The third kappa shape index (κ3) is 2.97. The molecular formula is C13H10Cl2N2O2. The number of benzene rings is 1. The number of aromatic nitrogens is 1. The van der Waals surface area contributed by atoms with E-state index in [9.17, 15) is 9.90 Å². The largest absolute Gasteiger partial charge is 0.507 e. The van der Waals surface area contributed by atoms with Crippen molar-refractivity contribution >= 4 is 34.8 Å². The highest BCUT2D eigenvalue weighted by atomic mass is 35.5. The predicted octanol–water partition coefficient (Wildman–Crippen LogP) is 3.65. The van der Waals surface area contributed by atoms with Gasteiger partial charge in [0.05, 0.1) is 11.3 Å². The Morgan fingerprint density at radius 1 is 1.32 bits per heavy atom. The normalized spacial score (nSPS) is 10.3. The number of amides is 1. The number of rotatable bonds is 2. The lowest BCUT2D eigenvalue weighted by molar-refractivity contribution is 0.102. The predicted molar refractivity (Wildman–Crippen MR) is 75.1 cm³/mol. The lowest BCUT2D eigenvalue weighted by atomic mass is 10.1. The van der Waals surface area contributed by atoms with Crippen molar-refractivity contribution in [1.29, 1.82) is 0 Å². The Kier molecular flexibility index (Phi) is 3.93. The Balaban J connectivity index is 2.32. The second-order valence-corrected chi connectivity index (χ2v) is 4.64. The number of nitrogens with one attached hydrogen (secondary N) is 1. The van der Waals surface area contributed by atoms with E-state index in [1.807, 2.05) is 0 Å². The molecule has 0 unspecified atom stereocenters. The molecule has 0 atom stereocenters. The summed E-state index contributed by atoms with van der Waals surface area (Å²) in [7, 11) is 0. The van der Waals surface area contributed by atoms with E-state index in [1.165, 1.54) is 12.1 Å². The van der Waals surface area contributed by atoms with Crippen LogP contribution in [0.2, 0.25) is 10.3 Å². The van der Waals surface area contributed by atoms with Crippen molar-refractivity contribution in [2.24, 2.45) is 0 Å². The molecule has 1 amide bonds. The summed E-state index contributed by atoms with van der Waals surface area (Å²) in [6.45, 7) is 1.75. The zero-order valence-electron chi connectivity index (χ0n) is 9.95. The summed E-state index contributed by atoms with van der Waals surface area (Å²) >= 11 is 11.7. The van der Waals surface area contributed by atoms with Crippen LogP contribution < -0.4 is 5.32 Å². The molecule has 6 heteroatoms. The van der Waals surface area contributed by atoms with Crippen molar-refractivity contribution in [3.63, 3.8) is 0 Å². The molecule has 0 bridgehead atoms. The fraction of sp³-hybridized carbons (Fsp3) is 0.0769. The first-order valence-corrected chi connectivity index (χ1v) is 6.16. The molecule has 1 aromatic carbocycles. The second kappa shape index (κ2) is 5.47. The van der Waals surface area contributed by atoms with Gasteiger partial charge < -0.3 is 10.4 Å². The van der Waals surface area contributed by atoms with Crippen LogP contribution in [-0.2, 0) is 0 Å². The Labute approximate surface area is 120 Å². The van der Waals surface area contributed by atoms with Gasteiger partial charge in [-0.05, 0) is 30.7 Å². The van der Waals surface area contributed by atoms with Gasteiger partial charge in [0.25, 0.3) is 5.91 Å². The van der Waals surface area contributed by atoms with E-state index in [4.69, 9.17) is 23.2 Å². The van der Waals surface area contributed by atoms with Crippen LogP contribution in [-0.4, -0.2) is 16.0 Å². The molecule has 2 N–H and O–H groups in total. The van der Waals surface area contributed by atoms with Gasteiger partial charge in [-0.2, -0.15) is 0 Å². The molecule has 0 aliphatic heterocycles. The molecule has 0 saturated carbocycles. The first-order chi connectivity index (χ1) is 8.99. The highest BCUT2D eigenvalue weighted by Crippen LogP contribution is 2.27. The molecule has 0 aliphatic rings. The summed E-state index contributed by atoms with van der Waals surface area (Å²) in [5, 5.41) is 12.6. The molecule has 2 aromatic rings. The number of halogens is 2. The molecule has 0 fully saturated rings. The van der Waals surface area contributed by atoms with E-state index in [2.05, 4.69) is 10.3 Å². The summed E-state index contributed by atoms with van der Waals surface area (Å²) in [5.41, 5.74) is 1.22. The van der Waals surface area contributed by atoms with E-state index in [-0.39, 0.29) is 21.6 Å². The zero-order chi connectivity index (χ0) is 14.0. The van der Waals surface area contributed by atoms with Gasteiger partial charge in [-0.15, -0.1) is 0 Å². The maximum Gasteiger partial charge on any atom is 0.259 e. The summed E-state index contributed by atoms with van der Waals surface area (Å²) in [6.07, 6.45) is 0. The number of hydrogen-bond acceptors (Lipinski definition) is 3. The zero-order valence-corrected chi connectivity index (χ0v) is 11.5. The monoisotopic (exact) mass is 296 g/mol. The Hall–Kier alpha value is -1.78. The third-order valence-electron chi connectivity index (χ3n) is 2.53. The van der Waals surface area contributed by atoms with Gasteiger partial charge in [0, 0.05) is 0 Å². The van der Waals surface area contributed by atoms with Gasteiger partial charge in [0.1, 0.15) is 10.9 Å². The van der Waals surface area contributed by atoms with Crippen LogP contribution in [0, 0.1) is 6.92 Å². The van der Waals surface area contributed by atoms with Crippen molar-refractivity contribution < 1.29 is 9.90 Å². The molecule has 1 heterocycles. The standard InChI is InChI=1S/C13H10Cl2N2O2/c1-7-6-10(14)16-12(15)11(7)17-13(19)8-4-2-3-5-9(8)18/h2-6,18H,1H3,(H,17,19). The van der Waals surface area contributed by atoms with E-state index in [0.29, 0.717) is 11.3 Å². The highest BCUT2D eigenvalue weighted by Gasteiger charge is 2.14. The first-order valence-electron chi connectivity index (χ1n) is 5.41. The van der Waals surface area contributed by atoms with Gasteiger partial charge in [-0.1, -0.05) is 35.3 Å². The molecule has 0 spiro atoms. The minimum Gasteiger partial charge on any atom is -0.507 e. The number of para-hydroxylation sites is 1. The molecule has 4 nitrogen and oxygen atoms in total. The maximum absolute atomic E-state index is 12.0. The topological polar surface area (TPSA) is 62.2 Å². The second-order valence-electron chi connectivity index (χ2n) is 3.90. The average Bonchev–Trinajstić information content (AvgIpc) is 2.34. The number of aromatic hydroxyl groups is 1. The third-order valence-corrected chi connectivity index (χ3v) is 3.00. The lowest BCUT2D eigenvalue weighted by Crippen LogP contribution is -2.13. The summed E-state index contributed by atoms with van der Waals surface area (Å²) in [4.78, 5) is 15.9. The fourth-order valence-electron chi connectivity index (χ4n) is 1.59. The van der Waals surface area contributed by atoms with E-state index in [1.54, 1.807) is 25.1 Å². The molecule has 0 saturated heterocycles. The summed E-state index contributed by atoms with van der Waals surface area (Å²) in [5.74, 6) is -0.567. The van der Waals surface area contributed by atoms with Gasteiger partial charge in [-0.3, -0.25) is 4.79 Å². The summed E-state index contributed by atoms with van der Waals surface area (Å²) in [6, 6.07) is 7.83. The number of nitrogens with zero attached hydrogens (tertiary/aromatic N) is 1. The van der Waals surface area contributed by atoms with Crippen molar-refractivity contribution in [3.8, 4) is 5.75 Å². The Bertz CT molecular complexity index is 621. The van der Waals surface area contributed by atoms with Crippen molar-refractivity contribution in [2.45, 2.75) is 6.92 Å². The van der Waals surface area contributed by atoms with Crippen LogP contribution in [0.1, 0.15) is 15.9 Å². The number of carbonyl (C=O) groups excluding carboxylic acids is 1. The molecule has 98 valence electrons.